The number of ether oxygens (including phenoxy) is 1. The average Bonchev–Trinajstić information content (AvgIpc) is 2.91. The molecule has 1 atom stereocenters. The van der Waals surface area contributed by atoms with Gasteiger partial charge in [0.2, 0.25) is 5.91 Å². The molecule has 21 heavy (non-hydrogen) atoms. The van der Waals surface area contributed by atoms with Crippen LogP contribution in [0, 0.1) is 0 Å². The Hall–Kier alpha value is -1.65. The summed E-state index contributed by atoms with van der Waals surface area (Å²) in [4.78, 5) is 13.5. The fraction of sp³-hybridized carbons (Fsp3) is 0.188. The summed E-state index contributed by atoms with van der Waals surface area (Å²) in [6, 6.07) is 13.4. The zero-order chi connectivity index (χ0) is 14.8. The van der Waals surface area contributed by atoms with E-state index in [4.69, 9.17) is 16.3 Å². The first kappa shape index (κ1) is 14.3. The number of fused-ring (bicyclic) bond motifs is 1. The molecule has 1 amide bonds. The van der Waals surface area contributed by atoms with E-state index in [-0.39, 0.29) is 11.2 Å². The van der Waals surface area contributed by atoms with Crippen LogP contribution in [0.5, 0.6) is 5.75 Å². The van der Waals surface area contributed by atoms with Crippen molar-refractivity contribution in [2.45, 2.75) is 16.6 Å². The molecule has 0 fully saturated rings. The van der Waals surface area contributed by atoms with Gasteiger partial charge in [0.25, 0.3) is 0 Å². The van der Waals surface area contributed by atoms with Gasteiger partial charge in [0.05, 0.1) is 17.4 Å². The predicted octanol–water partition coefficient (Wildman–Crippen LogP) is 4.00. The number of hydrogen-bond donors (Lipinski definition) is 1. The second kappa shape index (κ2) is 6.00. The van der Waals surface area contributed by atoms with Crippen LogP contribution in [0.4, 0.5) is 5.69 Å². The number of benzene rings is 2. The van der Waals surface area contributed by atoms with Gasteiger partial charge in [-0.05, 0) is 36.2 Å². The van der Waals surface area contributed by atoms with Gasteiger partial charge in [-0.25, -0.2) is 0 Å². The lowest BCUT2D eigenvalue weighted by Crippen LogP contribution is -2.24. The molecule has 2 aromatic carbocycles. The van der Waals surface area contributed by atoms with Gasteiger partial charge in [0.15, 0.2) is 0 Å². The van der Waals surface area contributed by atoms with Crippen molar-refractivity contribution in [1.82, 2.24) is 0 Å². The normalized spacial score (nSPS) is 16.4. The Morgan fingerprint density at radius 1 is 1.33 bits per heavy atom. The second-order valence-electron chi connectivity index (χ2n) is 4.76. The monoisotopic (exact) mass is 319 g/mol. The molecule has 1 N–H and O–H groups in total. The van der Waals surface area contributed by atoms with E-state index >= 15 is 0 Å². The highest BCUT2D eigenvalue weighted by molar-refractivity contribution is 8.01. The van der Waals surface area contributed by atoms with Gasteiger partial charge in [-0.15, -0.1) is 11.8 Å². The molecule has 1 aliphatic heterocycles. The molecule has 3 nitrogen and oxygen atoms in total. The van der Waals surface area contributed by atoms with Crippen molar-refractivity contribution in [2.24, 2.45) is 0 Å². The zero-order valence-corrected chi connectivity index (χ0v) is 13.0. The number of nitrogens with one attached hydrogen (secondary N) is 1. The molecule has 5 heteroatoms. The molecule has 2 aromatic rings. The van der Waals surface area contributed by atoms with Gasteiger partial charge in [0, 0.05) is 10.6 Å². The van der Waals surface area contributed by atoms with Gasteiger partial charge in [-0.3, -0.25) is 4.79 Å². The molecular formula is C16H14ClNO2S. The summed E-state index contributed by atoms with van der Waals surface area (Å²) in [6.45, 7) is 0. The minimum Gasteiger partial charge on any atom is -0.495 e. The van der Waals surface area contributed by atoms with Crippen molar-refractivity contribution in [3.05, 3.63) is 53.1 Å². The predicted molar refractivity (Wildman–Crippen MR) is 86.4 cm³/mol. The molecule has 0 spiro atoms. The minimum absolute atomic E-state index is 0.00238. The van der Waals surface area contributed by atoms with Crippen LogP contribution in [0.25, 0.3) is 0 Å². The number of anilines is 1. The smallest absolute Gasteiger partial charge is 0.238 e. The second-order valence-corrected chi connectivity index (χ2v) is 6.41. The molecule has 3 rings (SSSR count). The Balaban J connectivity index is 1.69. The maximum Gasteiger partial charge on any atom is 0.238 e. The molecule has 0 radical (unpaired) electrons. The first-order valence-corrected chi connectivity index (χ1v) is 7.82. The number of amides is 1. The van der Waals surface area contributed by atoms with Crippen LogP contribution >= 0.6 is 23.4 Å². The number of hydrogen-bond acceptors (Lipinski definition) is 3. The summed E-state index contributed by atoms with van der Waals surface area (Å²) in [5.74, 6) is 0.592. The topological polar surface area (TPSA) is 38.3 Å². The highest BCUT2D eigenvalue weighted by atomic mass is 35.5. The summed E-state index contributed by atoms with van der Waals surface area (Å²) in [5, 5.41) is 3.30. The van der Waals surface area contributed by atoms with E-state index in [0.29, 0.717) is 16.5 Å². The van der Waals surface area contributed by atoms with Crippen molar-refractivity contribution in [2.75, 3.05) is 12.4 Å². The summed E-state index contributed by atoms with van der Waals surface area (Å²) in [5.41, 5.74) is 1.91. The highest BCUT2D eigenvalue weighted by Crippen LogP contribution is 2.37. The largest absolute Gasteiger partial charge is 0.495 e. The van der Waals surface area contributed by atoms with Crippen LogP contribution in [0.2, 0.25) is 5.02 Å². The van der Waals surface area contributed by atoms with Gasteiger partial charge < -0.3 is 10.1 Å². The lowest BCUT2D eigenvalue weighted by atomic mass is 10.1. The van der Waals surface area contributed by atoms with E-state index in [2.05, 4.69) is 17.4 Å². The maximum absolute atomic E-state index is 12.3. The maximum atomic E-state index is 12.3. The molecule has 108 valence electrons. The average molecular weight is 320 g/mol. The van der Waals surface area contributed by atoms with Gasteiger partial charge in [0.1, 0.15) is 5.75 Å². The third-order valence-electron chi connectivity index (χ3n) is 3.36. The standard InChI is InChI=1S/C16H14ClNO2S/c1-20-13-7-6-11(9-12(13)17)18-16(19)15-8-10-4-2-3-5-14(10)21-15/h2-7,9,15H,8H2,1H3,(H,18,19). The van der Waals surface area contributed by atoms with E-state index in [1.807, 2.05) is 12.1 Å². The molecule has 0 saturated carbocycles. The summed E-state index contributed by atoms with van der Waals surface area (Å²) in [7, 11) is 1.56. The van der Waals surface area contributed by atoms with E-state index in [9.17, 15) is 4.79 Å². The van der Waals surface area contributed by atoms with Crippen LogP contribution < -0.4 is 10.1 Å². The quantitative estimate of drug-likeness (QED) is 0.929. The van der Waals surface area contributed by atoms with Crippen molar-refractivity contribution < 1.29 is 9.53 Å². The Kier molecular flexibility index (Phi) is 4.08. The number of thioether (sulfide) groups is 1. The molecular weight excluding hydrogens is 306 g/mol. The molecule has 0 aromatic heterocycles. The van der Waals surface area contributed by atoms with Crippen molar-refractivity contribution in [1.29, 1.82) is 0 Å². The van der Waals surface area contributed by atoms with Crippen molar-refractivity contribution in [3.63, 3.8) is 0 Å². The van der Waals surface area contributed by atoms with Crippen LogP contribution in [0.15, 0.2) is 47.4 Å². The number of halogens is 1. The third-order valence-corrected chi connectivity index (χ3v) is 4.97. The minimum atomic E-state index is -0.0942. The summed E-state index contributed by atoms with van der Waals surface area (Å²) >= 11 is 7.67. The van der Waals surface area contributed by atoms with Crippen molar-refractivity contribution >= 4 is 35.0 Å². The summed E-state index contributed by atoms with van der Waals surface area (Å²) < 4.78 is 5.10. The number of methoxy groups -OCH3 is 1. The van der Waals surface area contributed by atoms with Crippen molar-refractivity contribution in [3.8, 4) is 5.75 Å². The van der Waals surface area contributed by atoms with Gasteiger partial charge in [-0.1, -0.05) is 29.8 Å². The number of rotatable bonds is 3. The van der Waals surface area contributed by atoms with E-state index in [0.717, 1.165) is 6.42 Å². The lowest BCUT2D eigenvalue weighted by Gasteiger charge is -2.11. The van der Waals surface area contributed by atoms with Crippen LogP contribution in [-0.4, -0.2) is 18.3 Å². The van der Waals surface area contributed by atoms with Gasteiger partial charge in [-0.2, -0.15) is 0 Å². The van der Waals surface area contributed by atoms with Crippen LogP contribution in [-0.2, 0) is 11.2 Å². The Morgan fingerprint density at radius 2 is 2.14 bits per heavy atom. The SMILES string of the molecule is COc1ccc(NC(=O)C2Cc3ccccc3S2)cc1Cl. The molecule has 0 aliphatic carbocycles. The van der Waals surface area contributed by atoms with Gasteiger partial charge >= 0.3 is 0 Å². The van der Waals surface area contributed by atoms with Crippen LogP contribution in [0.3, 0.4) is 0 Å². The fourth-order valence-electron chi connectivity index (χ4n) is 2.30. The van der Waals surface area contributed by atoms with E-state index in [1.165, 1.54) is 10.5 Å². The first-order chi connectivity index (χ1) is 10.2. The number of carbonyl (C=O) groups is 1. The molecule has 0 saturated heterocycles. The third kappa shape index (κ3) is 3.01. The Bertz CT molecular complexity index is 665. The highest BCUT2D eigenvalue weighted by Gasteiger charge is 2.28. The zero-order valence-electron chi connectivity index (χ0n) is 11.4. The Morgan fingerprint density at radius 3 is 2.86 bits per heavy atom. The summed E-state index contributed by atoms with van der Waals surface area (Å²) in [6.07, 6.45) is 0.760. The lowest BCUT2D eigenvalue weighted by molar-refractivity contribution is -0.115. The van der Waals surface area contributed by atoms with E-state index < -0.39 is 0 Å². The molecule has 1 unspecified atom stereocenters. The molecule has 1 heterocycles. The van der Waals surface area contributed by atoms with E-state index in [1.54, 1.807) is 37.1 Å². The number of carbonyl (C=O) groups excluding carboxylic acids is 1. The molecule has 1 aliphatic rings. The molecule has 0 bridgehead atoms. The van der Waals surface area contributed by atoms with Crippen LogP contribution in [0.1, 0.15) is 5.56 Å². The Labute approximate surface area is 132 Å². The first-order valence-electron chi connectivity index (χ1n) is 6.56. The fourth-order valence-corrected chi connectivity index (χ4v) is 3.75.